The van der Waals surface area contributed by atoms with Crippen molar-refractivity contribution in [2.24, 2.45) is 0 Å². The average molecular weight is 217 g/mol. The Kier molecular flexibility index (Phi) is 4.80. The molecule has 0 spiro atoms. The Bertz CT molecular complexity index is 329. The van der Waals surface area contributed by atoms with Gasteiger partial charge < -0.3 is 15.8 Å². The van der Waals surface area contributed by atoms with Crippen LogP contribution in [0.1, 0.15) is 10.4 Å². The minimum atomic E-state index is -0.204. The van der Waals surface area contributed by atoms with Crippen LogP contribution in [0.5, 0.6) is 5.75 Å². The molecule has 0 aliphatic carbocycles. The minimum Gasteiger partial charge on any atom is -0.496 e. The molecule has 0 unspecified atom stereocenters. The van der Waals surface area contributed by atoms with Gasteiger partial charge >= 0.3 is 0 Å². The number of halogens is 1. The van der Waals surface area contributed by atoms with Crippen molar-refractivity contribution in [3.05, 3.63) is 23.8 Å². The van der Waals surface area contributed by atoms with E-state index in [0.717, 1.165) is 0 Å². The third-order valence-electron chi connectivity index (χ3n) is 1.70. The van der Waals surface area contributed by atoms with Crippen LogP contribution < -0.4 is 15.8 Å². The number of amides is 1. The molecule has 0 aliphatic rings. The van der Waals surface area contributed by atoms with Gasteiger partial charge in [-0.25, -0.2) is 0 Å². The molecule has 0 aliphatic heterocycles. The Balaban J connectivity index is 0.00000169. The molecule has 0 heterocycles. The van der Waals surface area contributed by atoms with E-state index in [2.05, 4.69) is 5.32 Å². The first kappa shape index (κ1) is 12.6. The molecule has 1 rings (SSSR count). The van der Waals surface area contributed by atoms with Crippen molar-refractivity contribution in [3.63, 3.8) is 0 Å². The van der Waals surface area contributed by atoms with Crippen molar-refractivity contribution in [3.8, 4) is 5.75 Å². The summed E-state index contributed by atoms with van der Waals surface area (Å²) in [7, 11) is 3.07. The first-order chi connectivity index (χ1) is 6.19. The third kappa shape index (κ3) is 2.53. The Morgan fingerprint density at radius 3 is 2.64 bits per heavy atom. The summed E-state index contributed by atoms with van der Waals surface area (Å²) >= 11 is 0. The molecule has 0 fully saturated rings. The largest absolute Gasteiger partial charge is 0.496 e. The third-order valence-corrected chi connectivity index (χ3v) is 1.70. The normalized spacial score (nSPS) is 8.71. The molecule has 3 N–H and O–H groups in total. The molecule has 1 aromatic rings. The topological polar surface area (TPSA) is 64.4 Å². The molecule has 0 saturated heterocycles. The van der Waals surface area contributed by atoms with E-state index in [9.17, 15) is 4.79 Å². The molecule has 0 aromatic heterocycles. The molecule has 0 bridgehead atoms. The van der Waals surface area contributed by atoms with E-state index in [0.29, 0.717) is 17.0 Å². The van der Waals surface area contributed by atoms with Gasteiger partial charge in [0.2, 0.25) is 0 Å². The number of rotatable bonds is 2. The summed E-state index contributed by atoms with van der Waals surface area (Å²) < 4.78 is 5.01. The van der Waals surface area contributed by atoms with Gasteiger partial charge in [-0.2, -0.15) is 0 Å². The van der Waals surface area contributed by atoms with E-state index < -0.39 is 0 Å². The number of hydrogen-bond donors (Lipinski definition) is 2. The lowest BCUT2D eigenvalue weighted by molar-refractivity contribution is 0.0960. The summed E-state index contributed by atoms with van der Waals surface area (Å²) in [6.45, 7) is 0. The average Bonchev–Trinajstić information content (AvgIpc) is 2.16. The Morgan fingerprint density at radius 1 is 1.50 bits per heavy atom. The smallest absolute Gasteiger partial charge is 0.254 e. The van der Waals surface area contributed by atoms with Gasteiger partial charge in [0.15, 0.2) is 0 Å². The second-order valence-electron chi connectivity index (χ2n) is 2.54. The van der Waals surface area contributed by atoms with E-state index >= 15 is 0 Å². The van der Waals surface area contributed by atoms with Gasteiger partial charge in [-0.1, -0.05) is 0 Å². The maximum atomic E-state index is 11.3. The molecular formula is C9H13ClN2O2. The van der Waals surface area contributed by atoms with Crippen molar-refractivity contribution in [2.75, 3.05) is 19.9 Å². The summed E-state index contributed by atoms with van der Waals surface area (Å²) in [6, 6.07) is 4.93. The molecule has 1 aromatic carbocycles. The summed E-state index contributed by atoms with van der Waals surface area (Å²) in [5, 5.41) is 2.51. The second-order valence-corrected chi connectivity index (χ2v) is 2.54. The van der Waals surface area contributed by atoms with E-state index in [4.69, 9.17) is 10.5 Å². The highest BCUT2D eigenvalue weighted by Crippen LogP contribution is 2.20. The van der Waals surface area contributed by atoms with Crippen LogP contribution in [0.15, 0.2) is 18.2 Å². The summed E-state index contributed by atoms with van der Waals surface area (Å²) in [6.07, 6.45) is 0. The number of hydrogen-bond acceptors (Lipinski definition) is 3. The molecule has 1 amide bonds. The van der Waals surface area contributed by atoms with Gasteiger partial charge in [0.1, 0.15) is 5.75 Å². The zero-order valence-electron chi connectivity index (χ0n) is 8.03. The van der Waals surface area contributed by atoms with Crippen LogP contribution >= 0.6 is 12.4 Å². The fraction of sp³-hybridized carbons (Fsp3) is 0.222. The summed E-state index contributed by atoms with van der Waals surface area (Å²) in [5.41, 5.74) is 6.53. The molecule has 0 radical (unpaired) electrons. The lowest BCUT2D eigenvalue weighted by atomic mass is 10.1. The molecule has 5 heteroatoms. The molecule has 4 nitrogen and oxygen atoms in total. The zero-order valence-corrected chi connectivity index (χ0v) is 8.85. The van der Waals surface area contributed by atoms with Crippen LogP contribution in [0, 0.1) is 0 Å². The number of anilines is 1. The van der Waals surface area contributed by atoms with Gasteiger partial charge in [0, 0.05) is 12.7 Å². The van der Waals surface area contributed by atoms with Crippen LogP contribution in [0.2, 0.25) is 0 Å². The lowest BCUT2D eigenvalue weighted by Crippen LogP contribution is -2.18. The number of nitrogen functional groups attached to an aromatic ring is 1. The lowest BCUT2D eigenvalue weighted by Gasteiger charge is -2.07. The van der Waals surface area contributed by atoms with Crippen molar-refractivity contribution < 1.29 is 9.53 Å². The maximum absolute atomic E-state index is 11.3. The first-order valence-corrected chi connectivity index (χ1v) is 3.84. The van der Waals surface area contributed by atoms with Crippen molar-refractivity contribution >= 4 is 24.0 Å². The van der Waals surface area contributed by atoms with Crippen LogP contribution in [-0.4, -0.2) is 20.1 Å². The minimum absolute atomic E-state index is 0. The highest BCUT2D eigenvalue weighted by atomic mass is 35.5. The highest BCUT2D eigenvalue weighted by molar-refractivity contribution is 5.97. The van der Waals surface area contributed by atoms with Crippen molar-refractivity contribution in [2.45, 2.75) is 0 Å². The molecule has 0 atom stereocenters. The van der Waals surface area contributed by atoms with Gasteiger partial charge in [0.25, 0.3) is 5.91 Å². The molecular weight excluding hydrogens is 204 g/mol. The summed E-state index contributed by atoms with van der Waals surface area (Å²) in [4.78, 5) is 11.3. The predicted molar refractivity (Wildman–Crippen MR) is 58.0 cm³/mol. The maximum Gasteiger partial charge on any atom is 0.254 e. The standard InChI is InChI=1S/C9H12N2O2.ClH/c1-11-9(12)7-5-6(10)3-4-8(7)13-2;/h3-5H,10H2,1-2H3,(H,11,12);1H. The molecule has 0 saturated carbocycles. The SMILES string of the molecule is CNC(=O)c1cc(N)ccc1OC.Cl. The van der Waals surface area contributed by atoms with Crippen LogP contribution in [-0.2, 0) is 0 Å². The second kappa shape index (κ2) is 5.34. The van der Waals surface area contributed by atoms with E-state index in [1.54, 1.807) is 25.2 Å². The monoisotopic (exact) mass is 216 g/mol. The Labute approximate surface area is 88.8 Å². The van der Waals surface area contributed by atoms with Crippen LogP contribution in [0.25, 0.3) is 0 Å². The van der Waals surface area contributed by atoms with Gasteiger partial charge in [0.05, 0.1) is 12.7 Å². The number of nitrogens with one attached hydrogen (secondary N) is 1. The zero-order chi connectivity index (χ0) is 9.84. The van der Waals surface area contributed by atoms with Gasteiger partial charge in [-0.3, -0.25) is 4.79 Å². The predicted octanol–water partition coefficient (Wildman–Crippen LogP) is 1.06. The fourth-order valence-corrected chi connectivity index (χ4v) is 1.04. The number of methoxy groups -OCH3 is 1. The molecule has 78 valence electrons. The van der Waals surface area contributed by atoms with E-state index in [-0.39, 0.29) is 18.3 Å². The Hall–Kier alpha value is -1.42. The van der Waals surface area contributed by atoms with Gasteiger partial charge in [-0.15, -0.1) is 12.4 Å². The quantitative estimate of drug-likeness (QED) is 0.727. The highest BCUT2D eigenvalue weighted by Gasteiger charge is 2.09. The van der Waals surface area contributed by atoms with E-state index in [1.807, 2.05) is 0 Å². The van der Waals surface area contributed by atoms with Crippen molar-refractivity contribution in [1.29, 1.82) is 0 Å². The Morgan fingerprint density at radius 2 is 2.14 bits per heavy atom. The fourth-order valence-electron chi connectivity index (χ4n) is 1.04. The molecule has 14 heavy (non-hydrogen) atoms. The van der Waals surface area contributed by atoms with Crippen LogP contribution in [0.3, 0.4) is 0 Å². The number of nitrogens with two attached hydrogens (primary N) is 1. The first-order valence-electron chi connectivity index (χ1n) is 3.84. The number of carbonyl (C=O) groups excluding carboxylic acids is 1. The van der Waals surface area contributed by atoms with Crippen molar-refractivity contribution in [1.82, 2.24) is 5.32 Å². The number of ether oxygens (including phenoxy) is 1. The van der Waals surface area contributed by atoms with E-state index in [1.165, 1.54) is 7.11 Å². The van der Waals surface area contributed by atoms with Gasteiger partial charge in [-0.05, 0) is 18.2 Å². The summed E-state index contributed by atoms with van der Waals surface area (Å²) in [5.74, 6) is 0.317. The number of carbonyl (C=O) groups is 1. The number of benzene rings is 1. The van der Waals surface area contributed by atoms with Crippen LogP contribution in [0.4, 0.5) is 5.69 Å².